The predicted octanol–water partition coefficient (Wildman–Crippen LogP) is 4.84. The topological polar surface area (TPSA) is 134 Å². The van der Waals surface area contributed by atoms with E-state index in [-0.39, 0.29) is 4.90 Å². The number of azo groups is 1. The highest BCUT2D eigenvalue weighted by Gasteiger charge is 2.11. The molecule has 3 rings (SSSR count). The number of fused-ring (bicyclic) bond motifs is 1. The van der Waals surface area contributed by atoms with Crippen molar-refractivity contribution < 1.29 is 8.42 Å². The summed E-state index contributed by atoms with van der Waals surface area (Å²) in [4.78, 5) is 2.19. The van der Waals surface area contributed by atoms with Gasteiger partial charge in [-0.2, -0.15) is 5.11 Å². The molecule has 8 nitrogen and oxygen atoms in total. The zero-order valence-electron chi connectivity index (χ0n) is 12.8. The quantitative estimate of drug-likeness (QED) is 0.311. The molecule has 0 fully saturated rings. The summed E-state index contributed by atoms with van der Waals surface area (Å²) in [5, 5.41) is 10.2. The van der Waals surface area contributed by atoms with E-state index in [0.29, 0.717) is 17.1 Å². The number of benzene rings is 3. The predicted molar refractivity (Wildman–Crippen MR) is 95.3 cm³/mol. The smallest absolute Gasteiger partial charge is 0.264 e. The highest BCUT2D eigenvalue weighted by molar-refractivity contribution is 7.90. The Kier molecular flexibility index (Phi) is 4.34. The number of nitrogens with zero attached hydrogens (tertiary/aromatic N) is 5. The lowest BCUT2D eigenvalue weighted by Crippen LogP contribution is -1.93. The zero-order chi connectivity index (χ0) is 17.9. The maximum Gasteiger partial charge on any atom is 0.264 e. The van der Waals surface area contributed by atoms with E-state index in [1.807, 2.05) is 30.3 Å². The normalized spacial score (nSPS) is 11.5. The van der Waals surface area contributed by atoms with Crippen molar-refractivity contribution >= 4 is 37.9 Å². The molecule has 0 heterocycles. The minimum atomic E-state index is -4.01. The zero-order valence-corrected chi connectivity index (χ0v) is 13.6. The standard InChI is InChI=1S/C16H12N6O2S/c17-15-10-5-11-3-1-2-4-14(11)16(15)20-19-12-6-8-13(9-7-12)25(23,24)22-21-18/h1-10H,17H2/b20-19+. The molecule has 0 radical (unpaired) electrons. The molecule has 124 valence electrons. The van der Waals surface area contributed by atoms with E-state index in [0.717, 1.165) is 10.8 Å². The summed E-state index contributed by atoms with van der Waals surface area (Å²) >= 11 is 0. The van der Waals surface area contributed by atoms with Crippen molar-refractivity contribution in [3.8, 4) is 0 Å². The van der Waals surface area contributed by atoms with E-state index in [2.05, 4.69) is 19.7 Å². The molecule has 0 aliphatic carbocycles. The monoisotopic (exact) mass is 352 g/mol. The van der Waals surface area contributed by atoms with Crippen molar-refractivity contribution in [2.75, 3.05) is 5.73 Å². The number of nitrogen functional groups attached to an aromatic ring is 1. The molecule has 0 atom stereocenters. The van der Waals surface area contributed by atoms with Crippen LogP contribution < -0.4 is 5.73 Å². The van der Waals surface area contributed by atoms with Gasteiger partial charge in [0.2, 0.25) is 0 Å². The first-order chi connectivity index (χ1) is 12.0. The molecule has 0 saturated heterocycles. The molecule has 3 aromatic rings. The minimum Gasteiger partial charge on any atom is -0.397 e. The molecule has 3 aromatic carbocycles. The molecule has 0 bridgehead atoms. The van der Waals surface area contributed by atoms with Crippen LogP contribution >= 0.6 is 0 Å². The fourth-order valence-electron chi connectivity index (χ4n) is 2.27. The Balaban J connectivity index is 1.96. The molecule has 25 heavy (non-hydrogen) atoms. The summed E-state index contributed by atoms with van der Waals surface area (Å²) in [6.07, 6.45) is 0. The highest BCUT2D eigenvalue weighted by Crippen LogP contribution is 2.33. The fraction of sp³-hybridized carbons (Fsp3) is 0. The van der Waals surface area contributed by atoms with Gasteiger partial charge in [-0.1, -0.05) is 30.3 Å². The molecule has 0 aliphatic heterocycles. The number of sulfonamides is 1. The number of hydrogen-bond acceptors (Lipinski definition) is 5. The van der Waals surface area contributed by atoms with E-state index in [4.69, 9.17) is 11.3 Å². The van der Waals surface area contributed by atoms with Gasteiger partial charge >= 0.3 is 0 Å². The number of anilines is 1. The molecule has 0 unspecified atom stereocenters. The molecule has 0 aliphatic rings. The first-order valence-corrected chi connectivity index (χ1v) is 8.56. The number of rotatable bonds is 4. The van der Waals surface area contributed by atoms with E-state index in [1.54, 1.807) is 6.07 Å². The first-order valence-electron chi connectivity index (χ1n) is 7.12. The van der Waals surface area contributed by atoms with Crippen LogP contribution in [0.1, 0.15) is 0 Å². The Morgan fingerprint density at radius 2 is 1.64 bits per heavy atom. The fourth-order valence-corrected chi connectivity index (χ4v) is 2.94. The second-order valence-corrected chi connectivity index (χ2v) is 6.65. The molecule has 2 N–H and O–H groups in total. The van der Waals surface area contributed by atoms with E-state index in [9.17, 15) is 8.42 Å². The summed E-state index contributed by atoms with van der Waals surface area (Å²) in [5.74, 6) is 0. The van der Waals surface area contributed by atoms with Crippen molar-refractivity contribution in [2.24, 2.45) is 14.7 Å². The molecule has 0 amide bonds. The van der Waals surface area contributed by atoms with Gasteiger partial charge in [-0.3, -0.25) is 0 Å². The molecule has 0 aromatic heterocycles. The van der Waals surface area contributed by atoms with Gasteiger partial charge in [-0.05, 0) is 41.2 Å². The van der Waals surface area contributed by atoms with Crippen LogP contribution in [0.5, 0.6) is 0 Å². The summed E-state index contributed by atoms with van der Waals surface area (Å²) in [6, 6.07) is 16.8. The van der Waals surface area contributed by atoms with Crippen LogP contribution in [0.4, 0.5) is 17.1 Å². The van der Waals surface area contributed by atoms with Crippen molar-refractivity contribution in [1.29, 1.82) is 0 Å². The summed E-state index contributed by atoms with van der Waals surface area (Å²) in [5.41, 5.74) is 15.7. The number of nitrogens with two attached hydrogens (primary N) is 1. The van der Waals surface area contributed by atoms with Gasteiger partial charge in [-0.15, -0.1) is 5.11 Å². The largest absolute Gasteiger partial charge is 0.397 e. The summed E-state index contributed by atoms with van der Waals surface area (Å²) < 4.78 is 26.0. The maximum absolute atomic E-state index is 11.6. The van der Waals surface area contributed by atoms with Crippen molar-refractivity contribution in [3.63, 3.8) is 0 Å². The Hall–Kier alpha value is -3.42. The summed E-state index contributed by atoms with van der Waals surface area (Å²) in [6.45, 7) is 0. The molecule has 9 heteroatoms. The van der Waals surface area contributed by atoms with Gasteiger partial charge in [0.25, 0.3) is 10.0 Å². The lowest BCUT2D eigenvalue weighted by atomic mass is 10.1. The van der Waals surface area contributed by atoms with Gasteiger partial charge < -0.3 is 5.73 Å². The van der Waals surface area contributed by atoms with Crippen molar-refractivity contribution in [2.45, 2.75) is 4.90 Å². The molecule has 0 saturated carbocycles. The highest BCUT2D eigenvalue weighted by atomic mass is 32.2. The Morgan fingerprint density at radius 3 is 2.36 bits per heavy atom. The third-order valence-electron chi connectivity index (χ3n) is 3.48. The number of hydrogen-bond donors (Lipinski definition) is 1. The van der Waals surface area contributed by atoms with Crippen LogP contribution in [0.15, 0.2) is 80.3 Å². The second kappa shape index (κ2) is 6.60. The average Bonchev–Trinajstić information content (AvgIpc) is 2.61. The minimum absolute atomic E-state index is 0.117. The van der Waals surface area contributed by atoms with Crippen LogP contribution in [0.2, 0.25) is 0 Å². The van der Waals surface area contributed by atoms with Crippen LogP contribution in [0.3, 0.4) is 0 Å². The third kappa shape index (κ3) is 3.42. The summed E-state index contributed by atoms with van der Waals surface area (Å²) in [7, 11) is -4.01. The van der Waals surface area contributed by atoms with Gasteiger partial charge in [0, 0.05) is 14.8 Å². The average molecular weight is 352 g/mol. The van der Waals surface area contributed by atoms with Crippen molar-refractivity contribution in [1.82, 2.24) is 0 Å². The van der Waals surface area contributed by atoms with Gasteiger partial charge in [0.15, 0.2) is 0 Å². The van der Waals surface area contributed by atoms with Gasteiger partial charge in [0.1, 0.15) is 5.69 Å². The van der Waals surface area contributed by atoms with Crippen LogP contribution in [0, 0.1) is 0 Å². The van der Waals surface area contributed by atoms with Crippen molar-refractivity contribution in [3.05, 3.63) is 71.1 Å². The van der Waals surface area contributed by atoms with Crippen LogP contribution in [0.25, 0.3) is 21.2 Å². The maximum atomic E-state index is 11.6. The Labute approximate surface area is 143 Å². The van der Waals surface area contributed by atoms with E-state index < -0.39 is 10.0 Å². The van der Waals surface area contributed by atoms with E-state index >= 15 is 0 Å². The molecular weight excluding hydrogens is 340 g/mol. The van der Waals surface area contributed by atoms with Crippen LogP contribution in [-0.4, -0.2) is 8.42 Å². The second-order valence-electron chi connectivity index (χ2n) is 5.06. The number of azide groups is 1. The molecule has 0 spiro atoms. The lowest BCUT2D eigenvalue weighted by Gasteiger charge is -2.04. The first kappa shape index (κ1) is 16.4. The lowest BCUT2D eigenvalue weighted by molar-refractivity contribution is 0.597. The van der Waals surface area contributed by atoms with Gasteiger partial charge in [-0.25, -0.2) is 8.42 Å². The SMILES string of the molecule is [N-]=[N+]=NS(=O)(=O)c1ccc(/N=N/c2c(N)ccc3ccccc23)cc1. The Bertz CT molecular complexity index is 1120. The third-order valence-corrected chi connectivity index (χ3v) is 4.63. The molecular formula is C16H12N6O2S. The van der Waals surface area contributed by atoms with E-state index in [1.165, 1.54) is 24.3 Å². The van der Waals surface area contributed by atoms with Gasteiger partial charge in [0.05, 0.1) is 16.3 Å². The van der Waals surface area contributed by atoms with Crippen LogP contribution in [-0.2, 0) is 10.0 Å². The Morgan fingerprint density at radius 1 is 0.920 bits per heavy atom.